The first-order valence-electron chi connectivity index (χ1n) is 9.80. The minimum Gasteiger partial charge on any atom is -0.483 e. The van der Waals surface area contributed by atoms with Crippen molar-refractivity contribution in [3.05, 3.63) is 86.2 Å². The monoisotopic (exact) mass is 501 g/mol. The number of hydrazine groups is 1. The maximum Gasteiger partial charge on any atom is 0.261 e. The fourth-order valence-electron chi connectivity index (χ4n) is 2.73. The second-order valence-electron chi connectivity index (χ2n) is 6.71. The summed E-state index contributed by atoms with van der Waals surface area (Å²) in [5, 5.41) is 5.69. The topological polar surface area (TPSA) is 145 Å². The first-order chi connectivity index (χ1) is 16.4. The zero-order valence-electron chi connectivity index (χ0n) is 17.6. The summed E-state index contributed by atoms with van der Waals surface area (Å²) in [7, 11) is 0. The van der Waals surface area contributed by atoms with E-state index in [0.717, 1.165) is 11.3 Å². The lowest BCUT2D eigenvalue weighted by Gasteiger charge is -2.14. The minimum atomic E-state index is -0.746. The van der Waals surface area contributed by atoms with Gasteiger partial charge in [-0.25, -0.2) is 0 Å². The van der Waals surface area contributed by atoms with Crippen molar-refractivity contribution in [2.24, 2.45) is 5.84 Å². The van der Waals surface area contributed by atoms with Gasteiger partial charge in [0.05, 0.1) is 32.8 Å². The summed E-state index contributed by atoms with van der Waals surface area (Å²) < 4.78 is 7.39. The molecule has 1 amide bonds. The SMILES string of the molecule is NN/C(=C\Nc1ccc(-n2ccccc2=O)cc1OCC(=O)C=O)CNC(=O)c1ccc(Cl)s1. The summed E-state index contributed by atoms with van der Waals surface area (Å²) in [6.07, 6.45) is 3.25. The number of aromatic nitrogens is 1. The number of benzene rings is 1. The molecule has 0 saturated heterocycles. The highest BCUT2D eigenvalue weighted by Crippen LogP contribution is 2.27. The second-order valence-corrected chi connectivity index (χ2v) is 8.42. The Bertz CT molecular complexity index is 1290. The molecule has 2 heterocycles. The van der Waals surface area contributed by atoms with Gasteiger partial charge in [0.1, 0.15) is 5.75 Å². The second kappa shape index (κ2) is 11.8. The molecule has 0 aliphatic rings. The van der Waals surface area contributed by atoms with Gasteiger partial charge < -0.3 is 20.8 Å². The lowest BCUT2D eigenvalue weighted by Crippen LogP contribution is -2.33. The molecule has 34 heavy (non-hydrogen) atoms. The van der Waals surface area contributed by atoms with E-state index in [-0.39, 0.29) is 30.0 Å². The lowest BCUT2D eigenvalue weighted by atomic mass is 10.2. The number of amides is 1. The minimum absolute atomic E-state index is 0.0785. The molecule has 0 saturated carbocycles. The number of hydrogen-bond acceptors (Lipinski definition) is 9. The molecule has 0 atom stereocenters. The van der Waals surface area contributed by atoms with Crippen LogP contribution in [-0.4, -0.2) is 35.7 Å². The van der Waals surface area contributed by atoms with Crippen molar-refractivity contribution < 1.29 is 19.1 Å². The number of thiophene rings is 1. The van der Waals surface area contributed by atoms with Gasteiger partial charge in [-0.1, -0.05) is 17.7 Å². The first kappa shape index (κ1) is 24.7. The van der Waals surface area contributed by atoms with Crippen molar-refractivity contribution in [2.75, 3.05) is 18.5 Å². The van der Waals surface area contributed by atoms with Gasteiger partial charge in [-0.05, 0) is 30.3 Å². The van der Waals surface area contributed by atoms with Crippen molar-refractivity contribution in [2.45, 2.75) is 0 Å². The fraction of sp³-hybridized carbons (Fsp3) is 0.0909. The van der Waals surface area contributed by atoms with Crippen LogP contribution in [0.5, 0.6) is 5.75 Å². The molecule has 10 nitrogen and oxygen atoms in total. The number of Topliss-reactive ketones (excluding diaryl/α,β-unsaturated/α-hetero) is 1. The third-order valence-corrected chi connectivity index (χ3v) is 5.62. The molecular weight excluding hydrogens is 482 g/mol. The molecule has 3 rings (SSSR count). The van der Waals surface area contributed by atoms with Crippen LogP contribution in [0, 0.1) is 0 Å². The third kappa shape index (κ3) is 6.54. The summed E-state index contributed by atoms with van der Waals surface area (Å²) >= 11 is 7.00. The Hall–Kier alpha value is -3.93. The number of nitrogens with one attached hydrogen (secondary N) is 3. The average Bonchev–Trinajstić information content (AvgIpc) is 3.29. The van der Waals surface area contributed by atoms with Gasteiger partial charge in [-0.3, -0.25) is 29.6 Å². The van der Waals surface area contributed by atoms with Crippen molar-refractivity contribution in [3.8, 4) is 11.4 Å². The van der Waals surface area contributed by atoms with Crippen LogP contribution in [0.1, 0.15) is 9.67 Å². The Labute approximate surface area is 203 Å². The number of hydrogen-bond donors (Lipinski definition) is 4. The third-order valence-electron chi connectivity index (χ3n) is 4.39. The van der Waals surface area contributed by atoms with E-state index in [0.29, 0.717) is 26.3 Å². The number of carbonyl (C=O) groups is 3. The molecule has 0 spiro atoms. The van der Waals surface area contributed by atoms with Crippen LogP contribution in [0.4, 0.5) is 5.69 Å². The summed E-state index contributed by atoms with van der Waals surface area (Å²) in [6, 6.07) is 12.8. The van der Waals surface area contributed by atoms with Crippen molar-refractivity contribution >= 4 is 46.6 Å². The summed E-state index contributed by atoms with van der Waals surface area (Å²) in [4.78, 5) is 46.9. The highest BCUT2D eigenvalue weighted by atomic mass is 35.5. The van der Waals surface area contributed by atoms with Crippen LogP contribution >= 0.6 is 22.9 Å². The fourth-order valence-corrected chi connectivity index (χ4v) is 3.69. The van der Waals surface area contributed by atoms with Gasteiger partial charge in [0.15, 0.2) is 12.9 Å². The van der Waals surface area contributed by atoms with Gasteiger partial charge in [-0.2, -0.15) is 0 Å². The molecule has 0 aliphatic heterocycles. The standard InChI is InChI=1S/C22H20ClN5O5S/c23-20-7-6-19(34-20)22(32)26-11-14(27-24)10-25-17-5-4-15(28-8-2-1-3-21(28)31)9-18(17)33-13-16(30)12-29/h1-10,12,25,27H,11,13,24H2,(H,26,32)/b14-10-. The van der Waals surface area contributed by atoms with Crippen LogP contribution in [-0.2, 0) is 9.59 Å². The molecule has 0 unspecified atom stereocenters. The summed E-state index contributed by atoms with van der Waals surface area (Å²) in [6.45, 7) is -0.397. The van der Waals surface area contributed by atoms with Gasteiger partial charge in [0.2, 0.25) is 5.78 Å². The molecule has 0 bridgehead atoms. The Morgan fingerprint density at radius 1 is 1.18 bits per heavy atom. The number of nitrogens with zero attached hydrogens (tertiary/aromatic N) is 1. The Balaban J connectivity index is 1.78. The van der Waals surface area contributed by atoms with Crippen molar-refractivity contribution in [1.82, 2.24) is 15.3 Å². The number of ether oxygens (including phenoxy) is 1. The van der Waals surface area contributed by atoms with Gasteiger partial charge >= 0.3 is 0 Å². The van der Waals surface area contributed by atoms with Crippen LogP contribution in [0.15, 0.2) is 71.4 Å². The summed E-state index contributed by atoms with van der Waals surface area (Å²) in [5.74, 6) is 4.71. The first-order valence-corrected chi connectivity index (χ1v) is 11.0. The average molecular weight is 502 g/mol. The van der Waals surface area contributed by atoms with Gasteiger partial charge in [-0.15, -0.1) is 11.3 Å². The Morgan fingerprint density at radius 2 is 2.00 bits per heavy atom. The largest absolute Gasteiger partial charge is 0.483 e. The van der Waals surface area contributed by atoms with Crippen molar-refractivity contribution in [1.29, 1.82) is 0 Å². The molecule has 5 N–H and O–H groups in total. The smallest absolute Gasteiger partial charge is 0.261 e. The van der Waals surface area contributed by atoms with Crippen LogP contribution in [0.25, 0.3) is 5.69 Å². The quantitative estimate of drug-likeness (QED) is 0.135. The number of ketones is 1. The molecule has 0 radical (unpaired) electrons. The zero-order chi connectivity index (χ0) is 24.5. The molecule has 3 aromatic rings. The molecule has 0 aliphatic carbocycles. The molecule has 176 valence electrons. The predicted octanol–water partition coefficient (Wildman–Crippen LogP) is 1.85. The van der Waals surface area contributed by atoms with E-state index in [1.807, 2.05) is 0 Å². The molecule has 12 heteroatoms. The normalized spacial score (nSPS) is 10.9. The van der Waals surface area contributed by atoms with E-state index in [1.165, 1.54) is 16.8 Å². The highest BCUT2D eigenvalue weighted by Gasteiger charge is 2.11. The number of nitrogens with two attached hydrogens (primary N) is 1. The number of halogens is 1. The van der Waals surface area contributed by atoms with Crippen LogP contribution in [0.3, 0.4) is 0 Å². The van der Waals surface area contributed by atoms with Crippen molar-refractivity contribution in [3.63, 3.8) is 0 Å². The predicted molar refractivity (Wildman–Crippen MR) is 129 cm³/mol. The van der Waals surface area contributed by atoms with Crippen LogP contribution < -0.4 is 32.2 Å². The van der Waals surface area contributed by atoms with E-state index in [1.54, 1.807) is 48.7 Å². The van der Waals surface area contributed by atoms with Gasteiger partial charge in [0, 0.05) is 24.5 Å². The number of pyridine rings is 1. The van der Waals surface area contributed by atoms with E-state index < -0.39 is 12.4 Å². The highest BCUT2D eigenvalue weighted by molar-refractivity contribution is 7.18. The van der Waals surface area contributed by atoms with Gasteiger partial charge in [0.25, 0.3) is 11.5 Å². The van der Waals surface area contributed by atoms with E-state index in [9.17, 15) is 19.2 Å². The maximum atomic E-state index is 12.2. The molecule has 2 aromatic heterocycles. The number of aldehydes is 1. The Kier molecular flexibility index (Phi) is 8.57. The Morgan fingerprint density at radius 3 is 2.68 bits per heavy atom. The van der Waals surface area contributed by atoms with Crippen LogP contribution in [0.2, 0.25) is 4.34 Å². The lowest BCUT2D eigenvalue weighted by molar-refractivity contribution is -0.131. The van der Waals surface area contributed by atoms with E-state index >= 15 is 0 Å². The molecular formula is C22H20ClN5O5S. The molecule has 0 fully saturated rings. The number of carbonyl (C=O) groups excluding carboxylic acids is 3. The molecule has 1 aromatic carbocycles. The van der Waals surface area contributed by atoms with E-state index in [2.05, 4.69) is 16.1 Å². The summed E-state index contributed by atoms with van der Waals surface area (Å²) in [5.41, 5.74) is 3.57. The maximum absolute atomic E-state index is 12.2. The van der Waals surface area contributed by atoms with E-state index in [4.69, 9.17) is 22.2 Å². The number of rotatable bonds is 11. The number of anilines is 1. The zero-order valence-corrected chi connectivity index (χ0v) is 19.2.